The van der Waals surface area contributed by atoms with Gasteiger partial charge in [-0.3, -0.25) is 9.59 Å². The molecule has 0 spiro atoms. The lowest BCUT2D eigenvalue weighted by molar-refractivity contribution is -0.144. The van der Waals surface area contributed by atoms with Gasteiger partial charge in [0.15, 0.2) is 0 Å². The van der Waals surface area contributed by atoms with Gasteiger partial charge in [-0.1, -0.05) is 0 Å². The first-order chi connectivity index (χ1) is 8.91. The van der Waals surface area contributed by atoms with E-state index in [-0.39, 0.29) is 51.7 Å². The molecule has 0 aliphatic heterocycles. The van der Waals surface area contributed by atoms with E-state index in [1.807, 2.05) is 0 Å². The van der Waals surface area contributed by atoms with Crippen LogP contribution in [0.5, 0.6) is 0 Å². The molecule has 6 heteroatoms. The summed E-state index contributed by atoms with van der Waals surface area (Å²) in [5.41, 5.74) is 0. The monoisotopic (exact) mass is 280 g/mol. The maximum atomic E-state index is 13.4. The molecule has 0 atom stereocenters. The minimum absolute atomic E-state index is 0.00130. The smallest absolute Gasteiger partial charge is 0.305 e. The van der Waals surface area contributed by atoms with Crippen LogP contribution >= 0.6 is 0 Å². The van der Waals surface area contributed by atoms with Gasteiger partial charge in [-0.05, 0) is 26.7 Å². The summed E-state index contributed by atoms with van der Waals surface area (Å²) >= 11 is 0. The van der Waals surface area contributed by atoms with Crippen molar-refractivity contribution in [1.82, 2.24) is 0 Å². The number of rotatable bonds is 10. The Morgan fingerprint density at radius 1 is 0.895 bits per heavy atom. The lowest BCUT2D eigenvalue weighted by Crippen LogP contribution is -2.17. The standard InChI is InChI=1S/C13H22F2O4/c1-3-18-11(16)7-5-9-13(14,15)10-6-8-12(17)19-4-2/h3-10H2,1-2H3. The Hall–Kier alpha value is -1.20. The van der Waals surface area contributed by atoms with Crippen LogP contribution in [-0.2, 0) is 19.1 Å². The van der Waals surface area contributed by atoms with E-state index in [1.54, 1.807) is 13.8 Å². The fourth-order valence-electron chi connectivity index (χ4n) is 1.57. The molecule has 112 valence electrons. The molecule has 0 aliphatic carbocycles. The largest absolute Gasteiger partial charge is 0.466 e. The number of ether oxygens (including phenoxy) is 2. The molecule has 0 aromatic carbocycles. The van der Waals surface area contributed by atoms with Gasteiger partial charge in [-0.15, -0.1) is 0 Å². The van der Waals surface area contributed by atoms with E-state index in [4.69, 9.17) is 0 Å². The zero-order valence-electron chi connectivity index (χ0n) is 11.5. The van der Waals surface area contributed by atoms with Crippen LogP contribution in [0.4, 0.5) is 8.78 Å². The minimum Gasteiger partial charge on any atom is -0.466 e. The molecule has 0 N–H and O–H groups in total. The fraction of sp³-hybridized carbons (Fsp3) is 0.846. The lowest BCUT2D eigenvalue weighted by Gasteiger charge is -2.15. The molecule has 0 radical (unpaired) electrons. The van der Waals surface area contributed by atoms with Crippen molar-refractivity contribution >= 4 is 11.9 Å². The molecule has 19 heavy (non-hydrogen) atoms. The molecule has 0 rings (SSSR count). The second-order valence-corrected chi connectivity index (χ2v) is 4.17. The van der Waals surface area contributed by atoms with Crippen molar-refractivity contribution in [1.29, 1.82) is 0 Å². The summed E-state index contributed by atoms with van der Waals surface area (Å²) < 4.78 is 36.1. The average Bonchev–Trinajstić information content (AvgIpc) is 2.29. The fourth-order valence-corrected chi connectivity index (χ4v) is 1.57. The number of esters is 2. The lowest BCUT2D eigenvalue weighted by atomic mass is 10.0. The minimum atomic E-state index is -2.85. The van der Waals surface area contributed by atoms with Crippen LogP contribution in [-0.4, -0.2) is 31.1 Å². The molecule has 4 nitrogen and oxygen atoms in total. The van der Waals surface area contributed by atoms with Gasteiger partial charge in [0.25, 0.3) is 0 Å². The average molecular weight is 280 g/mol. The maximum absolute atomic E-state index is 13.4. The van der Waals surface area contributed by atoms with E-state index in [0.717, 1.165) is 0 Å². The van der Waals surface area contributed by atoms with Crippen molar-refractivity contribution in [3.8, 4) is 0 Å². The van der Waals surface area contributed by atoms with Gasteiger partial charge >= 0.3 is 11.9 Å². The summed E-state index contributed by atoms with van der Waals surface area (Å²) in [6, 6.07) is 0. The van der Waals surface area contributed by atoms with Crippen LogP contribution < -0.4 is 0 Å². The van der Waals surface area contributed by atoms with Crippen LogP contribution in [0.3, 0.4) is 0 Å². The molecule has 0 aromatic heterocycles. The molecule has 0 amide bonds. The number of halogens is 2. The summed E-state index contributed by atoms with van der Waals surface area (Å²) in [6.07, 6.45) is -0.553. The summed E-state index contributed by atoms with van der Waals surface area (Å²) in [4.78, 5) is 22.0. The molecule has 0 heterocycles. The number of carbonyl (C=O) groups excluding carboxylic acids is 2. The Labute approximate surface area is 112 Å². The Balaban J connectivity index is 3.73. The summed E-state index contributed by atoms with van der Waals surface area (Å²) in [5.74, 6) is -3.76. The Kier molecular flexibility index (Phi) is 9.08. The van der Waals surface area contributed by atoms with Gasteiger partial charge in [0.2, 0.25) is 5.92 Å². The van der Waals surface area contributed by atoms with E-state index in [2.05, 4.69) is 9.47 Å². The third-order valence-corrected chi connectivity index (χ3v) is 2.46. The van der Waals surface area contributed by atoms with Crippen LogP contribution in [0, 0.1) is 0 Å². The van der Waals surface area contributed by atoms with Gasteiger partial charge < -0.3 is 9.47 Å². The first kappa shape index (κ1) is 17.8. The number of hydrogen-bond donors (Lipinski definition) is 0. The van der Waals surface area contributed by atoms with Crippen molar-refractivity contribution in [2.24, 2.45) is 0 Å². The van der Waals surface area contributed by atoms with Crippen LogP contribution in [0.25, 0.3) is 0 Å². The third-order valence-electron chi connectivity index (χ3n) is 2.46. The van der Waals surface area contributed by atoms with E-state index in [1.165, 1.54) is 0 Å². The topological polar surface area (TPSA) is 52.6 Å². The normalized spacial score (nSPS) is 11.2. The zero-order chi connectivity index (χ0) is 14.7. The van der Waals surface area contributed by atoms with Crippen LogP contribution in [0.15, 0.2) is 0 Å². The van der Waals surface area contributed by atoms with E-state index >= 15 is 0 Å². The van der Waals surface area contributed by atoms with Crippen molar-refractivity contribution in [3.05, 3.63) is 0 Å². The Morgan fingerprint density at radius 3 is 1.58 bits per heavy atom. The summed E-state index contributed by atoms with van der Waals surface area (Å²) in [6.45, 7) is 3.85. The second-order valence-electron chi connectivity index (χ2n) is 4.17. The highest BCUT2D eigenvalue weighted by Crippen LogP contribution is 2.27. The van der Waals surface area contributed by atoms with Crippen LogP contribution in [0.2, 0.25) is 0 Å². The quantitative estimate of drug-likeness (QED) is 0.577. The number of alkyl halides is 2. The summed E-state index contributed by atoms with van der Waals surface area (Å²) in [7, 11) is 0. The van der Waals surface area contributed by atoms with Gasteiger partial charge in [0, 0.05) is 25.7 Å². The molecular formula is C13H22F2O4. The van der Waals surface area contributed by atoms with Crippen molar-refractivity contribution in [2.45, 2.75) is 58.3 Å². The molecule has 0 aliphatic rings. The van der Waals surface area contributed by atoms with Crippen molar-refractivity contribution in [3.63, 3.8) is 0 Å². The van der Waals surface area contributed by atoms with Gasteiger partial charge in [-0.25, -0.2) is 8.78 Å². The van der Waals surface area contributed by atoms with Gasteiger partial charge in [-0.2, -0.15) is 0 Å². The van der Waals surface area contributed by atoms with Gasteiger partial charge in [0.1, 0.15) is 0 Å². The first-order valence-electron chi connectivity index (χ1n) is 6.60. The molecule has 0 saturated heterocycles. The van der Waals surface area contributed by atoms with E-state index in [9.17, 15) is 18.4 Å². The summed E-state index contributed by atoms with van der Waals surface area (Å²) in [5, 5.41) is 0. The molecule has 0 fully saturated rings. The van der Waals surface area contributed by atoms with Crippen LogP contribution in [0.1, 0.15) is 52.4 Å². The highest BCUT2D eigenvalue weighted by molar-refractivity contribution is 5.69. The van der Waals surface area contributed by atoms with E-state index in [0.29, 0.717) is 0 Å². The molecule has 0 bridgehead atoms. The van der Waals surface area contributed by atoms with Crippen molar-refractivity contribution < 1.29 is 27.8 Å². The zero-order valence-corrected chi connectivity index (χ0v) is 11.5. The highest BCUT2D eigenvalue weighted by atomic mass is 19.3. The third kappa shape index (κ3) is 10.4. The number of hydrogen-bond acceptors (Lipinski definition) is 4. The maximum Gasteiger partial charge on any atom is 0.305 e. The first-order valence-corrected chi connectivity index (χ1v) is 6.60. The number of carbonyl (C=O) groups is 2. The van der Waals surface area contributed by atoms with Gasteiger partial charge in [0.05, 0.1) is 13.2 Å². The predicted octanol–water partition coefficient (Wildman–Crippen LogP) is 3.09. The molecular weight excluding hydrogens is 258 g/mol. The molecule has 0 saturated carbocycles. The SMILES string of the molecule is CCOC(=O)CCCC(F)(F)CCCC(=O)OCC. The predicted molar refractivity (Wildman–Crippen MR) is 65.9 cm³/mol. The second kappa shape index (κ2) is 9.69. The van der Waals surface area contributed by atoms with E-state index < -0.39 is 17.9 Å². The Morgan fingerprint density at radius 2 is 1.26 bits per heavy atom. The molecule has 0 unspecified atom stereocenters. The molecule has 0 aromatic rings. The Bertz CT molecular complexity index is 254. The van der Waals surface area contributed by atoms with Crippen molar-refractivity contribution in [2.75, 3.05) is 13.2 Å². The highest BCUT2D eigenvalue weighted by Gasteiger charge is 2.28.